The van der Waals surface area contributed by atoms with Crippen LogP contribution in [0.3, 0.4) is 0 Å². The first-order valence-corrected chi connectivity index (χ1v) is 7.48. The molecule has 2 aromatic heterocycles. The zero-order valence-electron chi connectivity index (χ0n) is 13.1. The van der Waals surface area contributed by atoms with Crippen LogP contribution in [-0.4, -0.2) is 20.2 Å². The Morgan fingerprint density at radius 3 is 2.79 bits per heavy atom. The van der Waals surface area contributed by atoms with Crippen molar-refractivity contribution in [3.05, 3.63) is 75.7 Å². The molecule has 0 aliphatic heterocycles. The van der Waals surface area contributed by atoms with Crippen molar-refractivity contribution in [1.82, 2.24) is 14.7 Å². The lowest BCUT2D eigenvalue weighted by Crippen LogP contribution is -2.25. The lowest BCUT2D eigenvalue weighted by Gasteiger charge is -2.07. The van der Waals surface area contributed by atoms with E-state index < -0.39 is 4.92 Å². The normalized spacial score (nSPS) is 10.7. The van der Waals surface area contributed by atoms with E-state index in [4.69, 9.17) is 0 Å². The van der Waals surface area contributed by atoms with Gasteiger partial charge in [-0.25, -0.2) is 4.98 Å². The third-order valence-corrected chi connectivity index (χ3v) is 3.82. The molecule has 0 aliphatic rings. The van der Waals surface area contributed by atoms with Crippen LogP contribution >= 0.6 is 0 Å². The van der Waals surface area contributed by atoms with Crippen LogP contribution < -0.4 is 5.32 Å². The molecule has 122 valence electrons. The third kappa shape index (κ3) is 3.10. The van der Waals surface area contributed by atoms with Crippen LogP contribution in [0.1, 0.15) is 17.0 Å². The minimum absolute atomic E-state index is 0.0348. The van der Waals surface area contributed by atoms with E-state index in [2.05, 4.69) is 10.3 Å². The lowest BCUT2D eigenvalue weighted by molar-refractivity contribution is -0.385. The number of nitrogens with one attached hydrogen (secondary N) is 1. The third-order valence-electron chi connectivity index (χ3n) is 3.82. The van der Waals surface area contributed by atoms with E-state index in [0.29, 0.717) is 12.1 Å². The molecule has 2 heterocycles. The second-order valence-corrected chi connectivity index (χ2v) is 5.41. The molecule has 0 saturated heterocycles. The lowest BCUT2D eigenvalue weighted by atomic mass is 10.1. The van der Waals surface area contributed by atoms with Gasteiger partial charge in [0.1, 0.15) is 5.65 Å². The van der Waals surface area contributed by atoms with Crippen molar-refractivity contribution >= 4 is 17.2 Å². The van der Waals surface area contributed by atoms with Gasteiger partial charge in [-0.1, -0.05) is 24.3 Å². The van der Waals surface area contributed by atoms with Crippen molar-refractivity contribution in [3.8, 4) is 0 Å². The molecular formula is C17H16N4O3. The summed E-state index contributed by atoms with van der Waals surface area (Å²) in [6.07, 6.45) is 1.85. The van der Waals surface area contributed by atoms with E-state index in [1.807, 2.05) is 35.7 Å². The van der Waals surface area contributed by atoms with Crippen molar-refractivity contribution in [1.29, 1.82) is 0 Å². The molecule has 0 bridgehead atoms. The van der Waals surface area contributed by atoms with Gasteiger partial charge in [-0.15, -0.1) is 0 Å². The Labute approximate surface area is 138 Å². The van der Waals surface area contributed by atoms with Gasteiger partial charge in [0, 0.05) is 17.8 Å². The van der Waals surface area contributed by atoms with Crippen molar-refractivity contribution in [2.45, 2.75) is 19.9 Å². The quantitative estimate of drug-likeness (QED) is 0.576. The van der Waals surface area contributed by atoms with Gasteiger partial charge < -0.3 is 9.72 Å². The van der Waals surface area contributed by atoms with Gasteiger partial charge in [0.2, 0.25) is 5.91 Å². The number of hydrogen-bond donors (Lipinski definition) is 1. The number of nitro groups is 1. The fourth-order valence-corrected chi connectivity index (χ4v) is 2.63. The summed E-state index contributed by atoms with van der Waals surface area (Å²) in [5.74, 6) is -0.269. The Morgan fingerprint density at radius 2 is 2.00 bits per heavy atom. The van der Waals surface area contributed by atoms with Gasteiger partial charge in [-0.3, -0.25) is 14.9 Å². The summed E-state index contributed by atoms with van der Waals surface area (Å²) < 4.78 is 1.92. The number of aromatic nitrogens is 2. The Hall–Kier alpha value is -3.22. The number of fused-ring (bicyclic) bond motifs is 1. The van der Waals surface area contributed by atoms with Gasteiger partial charge in [0.25, 0.3) is 5.69 Å². The molecule has 0 fully saturated rings. The standard InChI is InChI=1S/C17H16N4O3/c1-12-15(20-9-5-4-8-16(20)19-12)11-18-17(22)10-13-6-2-3-7-14(13)21(23)24/h2-9H,10-11H2,1H3,(H,18,22). The minimum Gasteiger partial charge on any atom is -0.350 e. The van der Waals surface area contributed by atoms with Crippen molar-refractivity contribution in [2.75, 3.05) is 0 Å². The molecule has 0 radical (unpaired) electrons. The monoisotopic (exact) mass is 324 g/mol. The summed E-state index contributed by atoms with van der Waals surface area (Å²) in [4.78, 5) is 27.1. The second-order valence-electron chi connectivity index (χ2n) is 5.41. The zero-order chi connectivity index (χ0) is 17.1. The summed E-state index contributed by atoms with van der Waals surface area (Å²) in [5.41, 5.74) is 2.90. The van der Waals surface area contributed by atoms with Crippen molar-refractivity contribution in [2.24, 2.45) is 0 Å². The first kappa shape index (κ1) is 15.7. The highest BCUT2D eigenvalue weighted by atomic mass is 16.6. The Balaban J connectivity index is 1.72. The number of nitro benzene ring substituents is 1. The Kier molecular flexibility index (Phi) is 4.24. The number of carbonyl (C=O) groups excluding carboxylic acids is 1. The molecule has 1 N–H and O–H groups in total. The average molecular weight is 324 g/mol. The van der Waals surface area contributed by atoms with Crippen LogP contribution in [0.2, 0.25) is 0 Å². The highest BCUT2D eigenvalue weighted by Gasteiger charge is 2.16. The molecular weight excluding hydrogens is 308 g/mol. The zero-order valence-corrected chi connectivity index (χ0v) is 13.1. The molecule has 0 aliphatic carbocycles. The summed E-state index contributed by atoms with van der Waals surface area (Å²) >= 11 is 0. The van der Waals surface area contributed by atoms with Gasteiger partial charge in [-0.05, 0) is 19.1 Å². The maximum absolute atomic E-state index is 12.2. The van der Waals surface area contributed by atoms with Crippen LogP contribution in [0.15, 0.2) is 48.7 Å². The van der Waals surface area contributed by atoms with Gasteiger partial charge in [0.15, 0.2) is 0 Å². The topological polar surface area (TPSA) is 89.5 Å². The number of rotatable bonds is 5. The predicted molar refractivity (Wildman–Crippen MR) is 88.6 cm³/mol. The number of aryl methyl sites for hydroxylation is 1. The van der Waals surface area contributed by atoms with Gasteiger partial charge in [-0.2, -0.15) is 0 Å². The number of nitrogens with zero attached hydrogens (tertiary/aromatic N) is 3. The highest BCUT2D eigenvalue weighted by Crippen LogP contribution is 2.18. The molecule has 7 nitrogen and oxygen atoms in total. The van der Waals surface area contributed by atoms with Crippen molar-refractivity contribution in [3.63, 3.8) is 0 Å². The van der Waals surface area contributed by atoms with E-state index in [1.165, 1.54) is 6.07 Å². The maximum atomic E-state index is 12.2. The Morgan fingerprint density at radius 1 is 1.25 bits per heavy atom. The van der Waals surface area contributed by atoms with Crippen LogP contribution in [0.4, 0.5) is 5.69 Å². The molecule has 0 spiro atoms. The molecule has 1 amide bonds. The summed E-state index contributed by atoms with van der Waals surface area (Å²) in [6, 6.07) is 12.0. The van der Waals surface area contributed by atoms with E-state index in [1.54, 1.807) is 18.2 Å². The number of para-hydroxylation sites is 1. The first-order valence-electron chi connectivity index (χ1n) is 7.48. The molecule has 1 aromatic carbocycles. The summed E-state index contributed by atoms with van der Waals surface area (Å²) in [6.45, 7) is 2.20. The minimum atomic E-state index is -0.475. The molecule has 7 heteroatoms. The molecule has 0 unspecified atom stereocenters. The van der Waals surface area contributed by atoms with Crippen LogP contribution in [0.5, 0.6) is 0 Å². The first-order chi connectivity index (χ1) is 11.6. The second kappa shape index (κ2) is 6.49. The number of carbonyl (C=O) groups is 1. The number of hydrogen-bond acceptors (Lipinski definition) is 4. The van der Waals surface area contributed by atoms with Crippen LogP contribution in [0.25, 0.3) is 5.65 Å². The van der Waals surface area contributed by atoms with Crippen LogP contribution in [-0.2, 0) is 17.8 Å². The molecule has 0 atom stereocenters. The molecule has 0 saturated carbocycles. The highest BCUT2D eigenvalue weighted by molar-refractivity contribution is 5.79. The number of imidazole rings is 1. The summed E-state index contributed by atoms with van der Waals surface area (Å²) in [7, 11) is 0. The number of amides is 1. The largest absolute Gasteiger partial charge is 0.350 e. The Bertz CT molecular complexity index is 917. The molecule has 3 rings (SSSR count). The molecule has 24 heavy (non-hydrogen) atoms. The fraction of sp³-hybridized carbons (Fsp3) is 0.176. The number of pyridine rings is 1. The average Bonchev–Trinajstić information content (AvgIpc) is 2.88. The maximum Gasteiger partial charge on any atom is 0.273 e. The SMILES string of the molecule is Cc1nc2ccccn2c1CNC(=O)Cc1ccccc1[N+](=O)[O-]. The van der Waals surface area contributed by atoms with E-state index >= 15 is 0 Å². The van der Waals surface area contributed by atoms with Crippen LogP contribution in [0, 0.1) is 17.0 Å². The summed E-state index contributed by atoms with van der Waals surface area (Å²) in [5, 5.41) is 13.8. The van der Waals surface area contributed by atoms with Crippen molar-refractivity contribution < 1.29 is 9.72 Å². The fourth-order valence-electron chi connectivity index (χ4n) is 2.63. The number of benzene rings is 1. The van der Waals surface area contributed by atoms with E-state index in [-0.39, 0.29) is 18.0 Å². The van der Waals surface area contributed by atoms with E-state index in [9.17, 15) is 14.9 Å². The predicted octanol–water partition coefficient (Wildman–Crippen LogP) is 2.41. The molecule has 3 aromatic rings. The van der Waals surface area contributed by atoms with Gasteiger partial charge in [0.05, 0.1) is 29.3 Å². The van der Waals surface area contributed by atoms with Gasteiger partial charge >= 0.3 is 0 Å². The smallest absolute Gasteiger partial charge is 0.273 e. The van der Waals surface area contributed by atoms with E-state index in [0.717, 1.165) is 17.0 Å².